The van der Waals surface area contributed by atoms with Gasteiger partial charge >= 0.3 is 0 Å². The van der Waals surface area contributed by atoms with Crippen LogP contribution in [0.4, 0.5) is 17.5 Å². The van der Waals surface area contributed by atoms with Crippen molar-refractivity contribution in [3.05, 3.63) is 36.2 Å². The third-order valence-electron chi connectivity index (χ3n) is 5.17. The lowest BCUT2D eigenvalue weighted by Gasteiger charge is -2.35. The number of piperazine rings is 1. The fraction of sp³-hybridized carbons (Fsp3) is 0.389. The van der Waals surface area contributed by atoms with Crippen molar-refractivity contribution in [2.24, 2.45) is 0 Å². The topological polar surface area (TPSA) is 81.8 Å². The first kappa shape index (κ1) is 14.7. The van der Waals surface area contributed by atoms with Crippen LogP contribution in [0, 0.1) is 6.92 Å². The van der Waals surface area contributed by atoms with Crippen LogP contribution in [0.15, 0.2) is 30.5 Å². The van der Waals surface area contributed by atoms with Crippen molar-refractivity contribution in [3.8, 4) is 0 Å². The van der Waals surface area contributed by atoms with Gasteiger partial charge in [0.2, 0.25) is 5.95 Å². The molecule has 7 nitrogen and oxygen atoms in total. The highest BCUT2D eigenvalue weighted by molar-refractivity contribution is 5.82. The highest BCUT2D eigenvalue weighted by Crippen LogP contribution is 2.31. The molecule has 2 saturated heterocycles. The van der Waals surface area contributed by atoms with Gasteiger partial charge in [-0.3, -0.25) is 5.10 Å². The van der Waals surface area contributed by atoms with Crippen LogP contribution >= 0.6 is 0 Å². The maximum atomic E-state index is 4.81. The van der Waals surface area contributed by atoms with Crippen molar-refractivity contribution in [1.82, 2.24) is 25.5 Å². The predicted molar refractivity (Wildman–Crippen MR) is 98.3 cm³/mol. The number of fused-ring (bicyclic) bond motifs is 3. The molecule has 0 aliphatic carbocycles. The third kappa shape index (κ3) is 2.60. The Morgan fingerprint density at radius 1 is 1.12 bits per heavy atom. The summed E-state index contributed by atoms with van der Waals surface area (Å²) in [7, 11) is 0. The predicted octanol–water partition coefficient (Wildman–Crippen LogP) is 2.35. The summed E-state index contributed by atoms with van der Waals surface area (Å²) in [5, 5.41) is 15.1. The monoisotopic (exact) mass is 335 g/mol. The van der Waals surface area contributed by atoms with Gasteiger partial charge in [0.1, 0.15) is 5.82 Å². The molecular weight excluding hydrogens is 314 g/mol. The van der Waals surface area contributed by atoms with Crippen LogP contribution in [0.1, 0.15) is 18.5 Å². The van der Waals surface area contributed by atoms with E-state index in [1.165, 1.54) is 12.8 Å². The molecule has 25 heavy (non-hydrogen) atoms. The zero-order valence-corrected chi connectivity index (χ0v) is 14.2. The number of hydrogen-bond donors (Lipinski definition) is 3. The van der Waals surface area contributed by atoms with Gasteiger partial charge in [0.15, 0.2) is 0 Å². The fourth-order valence-corrected chi connectivity index (χ4v) is 4.01. The number of rotatable bonds is 3. The van der Waals surface area contributed by atoms with Gasteiger partial charge in [0.05, 0.1) is 11.7 Å². The second kappa shape index (κ2) is 5.70. The molecule has 2 atom stereocenters. The number of aromatic amines is 1. The van der Waals surface area contributed by atoms with Crippen molar-refractivity contribution < 1.29 is 0 Å². The Bertz CT molecular complexity index is 903. The second-order valence-electron chi connectivity index (χ2n) is 6.94. The van der Waals surface area contributed by atoms with E-state index in [0.717, 1.165) is 47.1 Å². The van der Waals surface area contributed by atoms with Crippen LogP contribution in [0.3, 0.4) is 0 Å². The Labute approximate surface area is 145 Å². The van der Waals surface area contributed by atoms with Crippen LogP contribution in [-0.2, 0) is 0 Å². The molecule has 3 aromatic rings. The summed E-state index contributed by atoms with van der Waals surface area (Å²) in [4.78, 5) is 11.9. The van der Waals surface area contributed by atoms with Gasteiger partial charge in [0, 0.05) is 48.0 Å². The zero-order chi connectivity index (χ0) is 16.8. The number of aromatic nitrogens is 4. The number of benzene rings is 1. The minimum absolute atomic E-state index is 0.510. The van der Waals surface area contributed by atoms with Crippen LogP contribution in [0.2, 0.25) is 0 Å². The molecular formula is C18H21N7. The molecule has 5 rings (SSSR count). The first-order valence-corrected chi connectivity index (χ1v) is 8.81. The summed E-state index contributed by atoms with van der Waals surface area (Å²) in [5.74, 6) is 1.68. The number of H-pyrrole nitrogens is 1. The van der Waals surface area contributed by atoms with Gasteiger partial charge in [-0.1, -0.05) is 0 Å². The Morgan fingerprint density at radius 2 is 1.96 bits per heavy atom. The lowest BCUT2D eigenvalue weighted by Crippen LogP contribution is -2.52. The minimum Gasteiger partial charge on any atom is -0.340 e. The highest BCUT2D eigenvalue weighted by atomic mass is 15.4. The molecule has 2 aliphatic rings. The van der Waals surface area contributed by atoms with E-state index in [0.29, 0.717) is 12.1 Å². The second-order valence-corrected chi connectivity index (χ2v) is 6.94. The molecule has 7 heteroatoms. The Kier molecular flexibility index (Phi) is 3.34. The molecule has 0 radical (unpaired) electrons. The van der Waals surface area contributed by atoms with E-state index in [9.17, 15) is 0 Å². The molecule has 0 spiro atoms. The van der Waals surface area contributed by atoms with E-state index >= 15 is 0 Å². The number of aryl methyl sites for hydroxylation is 1. The summed E-state index contributed by atoms with van der Waals surface area (Å²) in [5.41, 5.74) is 3.01. The molecule has 0 amide bonds. The van der Waals surface area contributed by atoms with E-state index in [1.54, 1.807) is 0 Å². The Hall–Kier alpha value is -2.67. The molecule has 2 unspecified atom stereocenters. The fourth-order valence-electron chi connectivity index (χ4n) is 4.01. The summed E-state index contributed by atoms with van der Waals surface area (Å²) >= 11 is 0. The lowest BCUT2D eigenvalue weighted by molar-refractivity contribution is 0.477. The molecule has 1 aromatic carbocycles. The lowest BCUT2D eigenvalue weighted by atomic mass is 10.2. The Balaban J connectivity index is 1.46. The van der Waals surface area contributed by atoms with Gasteiger partial charge in [-0.05, 0) is 38.0 Å². The summed E-state index contributed by atoms with van der Waals surface area (Å²) in [6.45, 7) is 4.07. The molecule has 2 aromatic heterocycles. The summed E-state index contributed by atoms with van der Waals surface area (Å²) < 4.78 is 0. The SMILES string of the molecule is Cc1cc(Nc2ccc3[nH]ncc3c2)nc(N2C3CCC2CNC3)n1. The maximum Gasteiger partial charge on any atom is 0.228 e. The van der Waals surface area contributed by atoms with E-state index in [-0.39, 0.29) is 0 Å². The van der Waals surface area contributed by atoms with Crippen molar-refractivity contribution in [2.45, 2.75) is 31.8 Å². The average molecular weight is 335 g/mol. The number of nitrogens with zero attached hydrogens (tertiary/aromatic N) is 4. The summed E-state index contributed by atoms with van der Waals surface area (Å²) in [6.07, 6.45) is 4.26. The maximum absolute atomic E-state index is 4.81. The first-order chi connectivity index (χ1) is 12.3. The smallest absolute Gasteiger partial charge is 0.228 e. The van der Waals surface area contributed by atoms with Crippen molar-refractivity contribution in [3.63, 3.8) is 0 Å². The first-order valence-electron chi connectivity index (χ1n) is 8.81. The highest BCUT2D eigenvalue weighted by Gasteiger charge is 2.38. The normalized spacial score (nSPS) is 22.5. The molecule has 0 saturated carbocycles. The minimum atomic E-state index is 0.510. The van der Waals surface area contributed by atoms with E-state index in [2.05, 4.69) is 31.8 Å². The van der Waals surface area contributed by atoms with Crippen molar-refractivity contribution in [2.75, 3.05) is 23.3 Å². The van der Waals surface area contributed by atoms with Crippen molar-refractivity contribution in [1.29, 1.82) is 0 Å². The van der Waals surface area contributed by atoms with Crippen LogP contribution in [0.25, 0.3) is 10.9 Å². The summed E-state index contributed by atoms with van der Waals surface area (Å²) in [6, 6.07) is 9.14. The van der Waals surface area contributed by atoms with Crippen LogP contribution < -0.4 is 15.5 Å². The number of anilines is 3. The Morgan fingerprint density at radius 3 is 2.80 bits per heavy atom. The largest absolute Gasteiger partial charge is 0.340 e. The molecule has 3 N–H and O–H groups in total. The zero-order valence-electron chi connectivity index (χ0n) is 14.2. The van der Waals surface area contributed by atoms with E-state index in [1.807, 2.05) is 31.3 Å². The van der Waals surface area contributed by atoms with Gasteiger partial charge in [-0.15, -0.1) is 0 Å². The molecule has 4 heterocycles. The van der Waals surface area contributed by atoms with Gasteiger partial charge in [0.25, 0.3) is 0 Å². The quantitative estimate of drug-likeness (QED) is 0.682. The van der Waals surface area contributed by atoms with Gasteiger partial charge in [-0.2, -0.15) is 10.1 Å². The van der Waals surface area contributed by atoms with Crippen molar-refractivity contribution >= 4 is 28.4 Å². The molecule has 128 valence electrons. The average Bonchev–Trinajstić information content (AvgIpc) is 3.16. The number of nitrogens with one attached hydrogen (secondary N) is 3. The van der Waals surface area contributed by atoms with Gasteiger partial charge < -0.3 is 15.5 Å². The molecule has 2 aliphatic heterocycles. The molecule has 2 fully saturated rings. The standard InChI is InChI=1S/C18H21N7/c1-11-6-17(22-13-2-5-16-12(7-13)8-20-24-16)23-18(21-11)25-14-3-4-15(25)10-19-9-14/h2,5-8,14-15,19H,3-4,9-10H2,1H3,(H,20,24)(H,21,22,23). The van der Waals surface area contributed by atoms with Crippen LogP contribution in [0.5, 0.6) is 0 Å². The van der Waals surface area contributed by atoms with E-state index < -0.39 is 0 Å². The molecule has 2 bridgehead atoms. The van der Waals surface area contributed by atoms with Crippen LogP contribution in [-0.4, -0.2) is 45.3 Å². The van der Waals surface area contributed by atoms with Gasteiger partial charge in [-0.25, -0.2) is 4.98 Å². The number of hydrogen-bond acceptors (Lipinski definition) is 6. The van der Waals surface area contributed by atoms with E-state index in [4.69, 9.17) is 9.97 Å². The third-order valence-corrected chi connectivity index (χ3v) is 5.17.